The fourth-order valence-electron chi connectivity index (χ4n) is 1.72. The van der Waals surface area contributed by atoms with Crippen LogP contribution in [0, 0.1) is 11.3 Å². The standard InChI is InChI=1S/C15H21N3O/c1-3-4-10-18(2)15(19)8-9-17-14-7-5-6-13(11-14)12-16/h5-7,11,17H,3-4,8-10H2,1-2H3. The summed E-state index contributed by atoms with van der Waals surface area (Å²) in [5, 5.41) is 12.0. The number of carbonyl (C=O) groups excluding carboxylic acids is 1. The van der Waals surface area contributed by atoms with Crippen LogP contribution in [0.2, 0.25) is 0 Å². The van der Waals surface area contributed by atoms with E-state index in [9.17, 15) is 4.79 Å². The molecule has 1 aromatic rings. The van der Waals surface area contributed by atoms with E-state index in [0.29, 0.717) is 18.5 Å². The Morgan fingerprint density at radius 3 is 2.95 bits per heavy atom. The molecule has 0 bridgehead atoms. The van der Waals surface area contributed by atoms with Crippen molar-refractivity contribution in [1.82, 2.24) is 4.90 Å². The van der Waals surface area contributed by atoms with Crippen molar-refractivity contribution in [3.63, 3.8) is 0 Å². The van der Waals surface area contributed by atoms with Gasteiger partial charge in [0.25, 0.3) is 0 Å². The van der Waals surface area contributed by atoms with E-state index in [1.165, 1.54) is 0 Å². The number of hydrogen-bond donors (Lipinski definition) is 1. The lowest BCUT2D eigenvalue weighted by Gasteiger charge is -2.17. The molecule has 0 aliphatic rings. The maximum absolute atomic E-state index is 11.8. The molecule has 1 aromatic carbocycles. The fourth-order valence-corrected chi connectivity index (χ4v) is 1.72. The second-order valence-corrected chi connectivity index (χ2v) is 4.54. The third-order valence-corrected chi connectivity index (χ3v) is 2.93. The van der Waals surface area contributed by atoms with Gasteiger partial charge in [-0.1, -0.05) is 19.4 Å². The molecule has 1 amide bonds. The molecule has 0 aromatic heterocycles. The summed E-state index contributed by atoms with van der Waals surface area (Å²) in [6, 6.07) is 9.36. The molecule has 1 N–H and O–H groups in total. The summed E-state index contributed by atoms with van der Waals surface area (Å²) in [5.41, 5.74) is 1.50. The zero-order valence-electron chi connectivity index (χ0n) is 11.6. The molecule has 0 radical (unpaired) electrons. The molecule has 0 spiro atoms. The van der Waals surface area contributed by atoms with Crippen molar-refractivity contribution in [3.05, 3.63) is 29.8 Å². The zero-order valence-corrected chi connectivity index (χ0v) is 11.6. The van der Waals surface area contributed by atoms with Crippen molar-refractivity contribution in [2.75, 3.05) is 25.5 Å². The van der Waals surface area contributed by atoms with Gasteiger partial charge in [-0.3, -0.25) is 4.79 Å². The van der Waals surface area contributed by atoms with E-state index in [1.807, 2.05) is 19.2 Å². The number of amides is 1. The normalized spacial score (nSPS) is 9.74. The van der Waals surface area contributed by atoms with Gasteiger partial charge in [0.1, 0.15) is 0 Å². The predicted molar refractivity (Wildman–Crippen MR) is 76.8 cm³/mol. The molecule has 4 nitrogen and oxygen atoms in total. The van der Waals surface area contributed by atoms with Gasteiger partial charge in [0.15, 0.2) is 0 Å². The summed E-state index contributed by atoms with van der Waals surface area (Å²) >= 11 is 0. The minimum Gasteiger partial charge on any atom is -0.384 e. The van der Waals surface area contributed by atoms with Gasteiger partial charge < -0.3 is 10.2 Å². The quantitative estimate of drug-likeness (QED) is 0.819. The smallest absolute Gasteiger partial charge is 0.224 e. The van der Waals surface area contributed by atoms with Gasteiger partial charge in [0, 0.05) is 32.2 Å². The Kier molecular flexibility index (Phi) is 6.45. The lowest BCUT2D eigenvalue weighted by atomic mass is 10.2. The molecular weight excluding hydrogens is 238 g/mol. The second kappa shape index (κ2) is 8.15. The number of anilines is 1. The van der Waals surface area contributed by atoms with E-state index in [0.717, 1.165) is 25.1 Å². The Bertz CT molecular complexity index is 451. The van der Waals surface area contributed by atoms with Gasteiger partial charge in [-0.25, -0.2) is 0 Å². The molecule has 0 atom stereocenters. The molecule has 102 valence electrons. The van der Waals surface area contributed by atoms with Crippen molar-refractivity contribution >= 4 is 11.6 Å². The van der Waals surface area contributed by atoms with Crippen LogP contribution in [0.4, 0.5) is 5.69 Å². The van der Waals surface area contributed by atoms with Gasteiger partial charge in [-0.2, -0.15) is 5.26 Å². The van der Waals surface area contributed by atoms with Crippen molar-refractivity contribution in [2.45, 2.75) is 26.2 Å². The Morgan fingerprint density at radius 2 is 2.26 bits per heavy atom. The van der Waals surface area contributed by atoms with Crippen LogP contribution in [-0.4, -0.2) is 30.9 Å². The van der Waals surface area contributed by atoms with Gasteiger partial charge >= 0.3 is 0 Å². The molecular formula is C15H21N3O. The summed E-state index contributed by atoms with van der Waals surface area (Å²) in [7, 11) is 1.84. The molecule has 0 unspecified atom stereocenters. The van der Waals surface area contributed by atoms with Crippen LogP contribution in [0.5, 0.6) is 0 Å². The summed E-state index contributed by atoms with van der Waals surface area (Å²) in [6.45, 7) is 3.52. The molecule has 0 saturated heterocycles. The van der Waals surface area contributed by atoms with Crippen molar-refractivity contribution in [1.29, 1.82) is 5.26 Å². The largest absolute Gasteiger partial charge is 0.384 e. The highest BCUT2D eigenvalue weighted by Crippen LogP contribution is 2.09. The average Bonchev–Trinajstić information content (AvgIpc) is 2.44. The van der Waals surface area contributed by atoms with Crippen LogP contribution in [-0.2, 0) is 4.79 Å². The number of nitrogens with one attached hydrogen (secondary N) is 1. The number of benzene rings is 1. The van der Waals surface area contributed by atoms with E-state index < -0.39 is 0 Å². The minimum atomic E-state index is 0.150. The average molecular weight is 259 g/mol. The Hall–Kier alpha value is -2.02. The van der Waals surface area contributed by atoms with E-state index >= 15 is 0 Å². The van der Waals surface area contributed by atoms with Crippen molar-refractivity contribution in [2.24, 2.45) is 0 Å². The SMILES string of the molecule is CCCCN(C)C(=O)CCNc1cccc(C#N)c1. The monoisotopic (exact) mass is 259 g/mol. The van der Waals surface area contributed by atoms with Crippen LogP contribution >= 0.6 is 0 Å². The topological polar surface area (TPSA) is 56.1 Å². The summed E-state index contributed by atoms with van der Waals surface area (Å²) in [6.07, 6.45) is 2.60. The first kappa shape index (κ1) is 15.0. The maximum atomic E-state index is 11.8. The van der Waals surface area contributed by atoms with Gasteiger partial charge in [0.05, 0.1) is 11.6 Å². The highest BCUT2D eigenvalue weighted by atomic mass is 16.2. The first-order chi connectivity index (χ1) is 9.17. The fraction of sp³-hybridized carbons (Fsp3) is 0.467. The van der Waals surface area contributed by atoms with Crippen LogP contribution < -0.4 is 5.32 Å². The Labute approximate surface area is 115 Å². The second-order valence-electron chi connectivity index (χ2n) is 4.54. The maximum Gasteiger partial charge on any atom is 0.224 e. The number of nitriles is 1. The van der Waals surface area contributed by atoms with E-state index in [-0.39, 0.29) is 5.91 Å². The lowest BCUT2D eigenvalue weighted by Crippen LogP contribution is -2.29. The first-order valence-electron chi connectivity index (χ1n) is 6.65. The third kappa shape index (κ3) is 5.43. The van der Waals surface area contributed by atoms with Crippen LogP contribution in [0.3, 0.4) is 0 Å². The van der Waals surface area contributed by atoms with Crippen molar-refractivity contribution < 1.29 is 4.79 Å². The van der Waals surface area contributed by atoms with Crippen LogP contribution in [0.25, 0.3) is 0 Å². The third-order valence-electron chi connectivity index (χ3n) is 2.93. The first-order valence-corrected chi connectivity index (χ1v) is 6.65. The number of hydrogen-bond acceptors (Lipinski definition) is 3. The van der Waals surface area contributed by atoms with E-state index in [2.05, 4.69) is 18.3 Å². The van der Waals surface area contributed by atoms with Gasteiger partial charge in [-0.15, -0.1) is 0 Å². The zero-order chi connectivity index (χ0) is 14.1. The summed E-state index contributed by atoms with van der Waals surface area (Å²) in [5.74, 6) is 0.150. The van der Waals surface area contributed by atoms with Gasteiger partial charge in [-0.05, 0) is 24.6 Å². The number of unbranched alkanes of at least 4 members (excludes halogenated alkanes) is 1. The lowest BCUT2D eigenvalue weighted by molar-refractivity contribution is -0.129. The minimum absolute atomic E-state index is 0.150. The van der Waals surface area contributed by atoms with E-state index in [4.69, 9.17) is 5.26 Å². The number of carbonyl (C=O) groups is 1. The van der Waals surface area contributed by atoms with Crippen LogP contribution in [0.15, 0.2) is 24.3 Å². The van der Waals surface area contributed by atoms with Crippen LogP contribution in [0.1, 0.15) is 31.7 Å². The molecule has 0 heterocycles. The molecule has 0 fully saturated rings. The van der Waals surface area contributed by atoms with Crippen molar-refractivity contribution in [3.8, 4) is 6.07 Å². The molecule has 4 heteroatoms. The number of rotatable bonds is 7. The molecule has 0 aliphatic carbocycles. The number of nitrogens with zero attached hydrogens (tertiary/aromatic N) is 2. The predicted octanol–water partition coefficient (Wildman–Crippen LogP) is 2.62. The Balaban J connectivity index is 2.33. The molecule has 0 aliphatic heterocycles. The molecule has 0 saturated carbocycles. The summed E-state index contributed by atoms with van der Waals surface area (Å²) in [4.78, 5) is 13.6. The highest BCUT2D eigenvalue weighted by Gasteiger charge is 2.07. The van der Waals surface area contributed by atoms with Gasteiger partial charge in [0.2, 0.25) is 5.91 Å². The van der Waals surface area contributed by atoms with E-state index in [1.54, 1.807) is 17.0 Å². The highest BCUT2D eigenvalue weighted by molar-refractivity contribution is 5.76. The molecule has 1 rings (SSSR count). The molecule has 19 heavy (non-hydrogen) atoms. The Morgan fingerprint density at radius 1 is 1.47 bits per heavy atom. The summed E-state index contributed by atoms with van der Waals surface area (Å²) < 4.78 is 0.